The van der Waals surface area contributed by atoms with Crippen molar-refractivity contribution in [3.63, 3.8) is 0 Å². The number of carbonyl (C=O) groups excluding carboxylic acids is 1. The van der Waals surface area contributed by atoms with Crippen molar-refractivity contribution < 1.29 is 18.0 Å². The Labute approximate surface area is 165 Å². The average Bonchev–Trinajstić information content (AvgIpc) is 2.73. The monoisotopic (exact) mass is 398 g/mol. The molecule has 5 nitrogen and oxygen atoms in total. The van der Waals surface area contributed by atoms with Gasteiger partial charge in [0.1, 0.15) is 6.33 Å². The predicted molar refractivity (Wildman–Crippen MR) is 99.8 cm³/mol. The summed E-state index contributed by atoms with van der Waals surface area (Å²) in [7, 11) is 1.75. The number of aromatic nitrogens is 3. The van der Waals surface area contributed by atoms with E-state index in [2.05, 4.69) is 15.0 Å². The van der Waals surface area contributed by atoms with Crippen LogP contribution in [0.4, 0.5) is 13.2 Å². The Morgan fingerprint density at radius 2 is 1.79 bits per heavy atom. The number of likely N-dealkylation sites (N-methyl/N-ethyl adjacent to an activating group) is 1. The van der Waals surface area contributed by atoms with Crippen molar-refractivity contribution in [2.75, 3.05) is 13.6 Å². The molecule has 3 aromatic rings. The Kier molecular flexibility index (Phi) is 4.77. The van der Waals surface area contributed by atoms with Gasteiger partial charge in [-0.1, -0.05) is 6.92 Å². The third-order valence-electron chi connectivity index (χ3n) is 5.21. The van der Waals surface area contributed by atoms with Gasteiger partial charge in [-0.25, -0.2) is 23.1 Å². The molecule has 29 heavy (non-hydrogen) atoms. The average molecular weight is 398 g/mol. The van der Waals surface area contributed by atoms with Crippen LogP contribution in [0.3, 0.4) is 0 Å². The second kappa shape index (κ2) is 7.27. The molecule has 0 unspecified atom stereocenters. The van der Waals surface area contributed by atoms with E-state index in [0.29, 0.717) is 35.6 Å². The zero-order valence-electron chi connectivity index (χ0n) is 15.8. The number of benzene rings is 1. The van der Waals surface area contributed by atoms with Gasteiger partial charge in [-0.2, -0.15) is 0 Å². The molecule has 0 spiro atoms. The van der Waals surface area contributed by atoms with Crippen LogP contribution in [-0.2, 0) is 6.42 Å². The Morgan fingerprint density at radius 3 is 2.52 bits per heavy atom. The van der Waals surface area contributed by atoms with Crippen LogP contribution in [0, 0.1) is 17.5 Å². The maximum atomic E-state index is 13.6. The number of hydrogen-bond acceptors (Lipinski definition) is 4. The molecule has 1 aliphatic rings. The molecule has 4 rings (SSSR count). The SMILES string of the molecule is C[C@H](c1cc(F)c(F)c(F)c1)c1cc(-c2nccc3c2CCN(C)C3=O)ncn1. The second-order valence-corrected chi connectivity index (χ2v) is 7.01. The van der Waals surface area contributed by atoms with Crippen molar-refractivity contribution >= 4 is 5.91 Å². The maximum Gasteiger partial charge on any atom is 0.254 e. The molecule has 2 aromatic heterocycles. The minimum Gasteiger partial charge on any atom is -0.341 e. The number of carbonyl (C=O) groups is 1. The van der Waals surface area contributed by atoms with E-state index in [1.807, 2.05) is 0 Å². The van der Waals surface area contributed by atoms with Gasteiger partial charge in [0, 0.05) is 31.3 Å². The second-order valence-electron chi connectivity index (χ2n) is 7.01. The number of nitrogens with zero attached hydrogens (tertiary/aromatic N) is 4. The van der Waals surface area contributed by atoms with Crippen LogP contribution in [0.5, 0.6) is 0 Å². The molecule has 0 fully saturated rings. The molecule has 0 saturated carbocycles. The number of hydrogen-bond donors (Lipinski definition) is 0. The molecule has 0 radical (unpaired) electrons. The van der Waals surface area contributed by atoms with E-state index in [-0.39, 0.29) is 11.5 Å². The number of rotatable bonds is 3. The first-order chi connectivity index (χ1) is 13.9. The van der Waals surface area contributed by atoms with Crippen LogP contribution in [0.1, 0.15) is 40.0 Å². The summed E-state index contributed by atoms with van der Waals surface area (Å²) in [5.41, 5.74) is 3.24. The molecule has 1 amide bonds. The summed E-state index contributed by atoms with van der Waals surface area (Å²) in [6.45, 7) is 2.29. The Balaban J connectivity index is 1.75. The minimum atomic E-state index is -1.50. The topological polar surface area (TPSA) is 59.0 Å². The van der Waals surface area contributed by atoms with Crippen molar-refractivity contribution in [3.8, 4) is 11.4 Å². The molecule has 3 heterocycles. The maximum absolute atomic E-state index is 13.6. The molecule has 0 N–H and O–H groups in total. The standard InChI is InChI=1S/C21H17F3N4O/c1-11(12-7-15(22)19(24)16(23)8-12)17-9-18(27-10-26-17)20-13-4-6-28(2)21(29)14(13)3-5-25-20/h3,5,7-11H,4,6H2,1-2H3/t11-/m1/s1. The predicted octanol–water partition coefficient (Wildman–Crippen LogP) is 3.74. The van der Waals surface area contributed by atoms with Gasteiger partial charge in [0.15, 0.2) is 17.5 Å². The fourth-order valence-corrected chi connectivity index (χ4v) is 3.49. The fourth-order valence-electron chi connectivity index (χ4n) is 3.49. The van der Waals surface area contributed by atoms with Crippen molar-refractivity contribution in [2.45, 2.75) is 19.3 Å². The summed E-state index contributed by atoms with van der Waals surface area (Å²) >= 11 is 0. The van der Waals surface area contributed by atoms with E-state index in [4.69, 9.17) is 0 Å². The molecule has 1 aromatic carbocycles. The third kappa shape index (κ3) is 3.35. The number of pyridine rings is 1. The summed E-state index contributed by atoms with van der Waals surface area (Å²) < 4.78 is 40.5. The highest BCUT2D eigenvalue weighted by Gasteiger charge is 2.25. The van der Waals surface area contributed by atoms with Crippen LogP contribution in [0.25, 0.3) is 11.4 Å². The zero-order valence-corrected chi connectivity index (χ0v) is 15.8. The van der Waals surface area contributed by atoms with Crippen molar-refractivity contribution in [3.05, 3.63) is 76.6 Å². The van der Waals surface area contributed by atoms with Gasteiger partial charge in [-0.05, 0) is 41.8 Å². The van der Waals surface area contributed by atoms with Gasteiger partial charge >= 0.3 is 0 Å². The molecule has 0 aliphatic carbocycles. The lowest BCUT2D eigenvalue weighted by Gasteiger charge is -2.25. The van der Waals surface area contributed by atoms with Crippen LogP contribution in [0.2, 0.25) is 0 Å². The van der Waals surface area contributed by atoms with Gasteiger partial charge in [-0.15, -0.1) is 0 Å². The van der Waals surface area contributed by atoms with Crippen LogP contribution >= 0.6 is 0 Å². The van der Waals surface area contributed by atoms with Gasteiger partial charge < -0.3 is 4.90 Å². The van der Waals surface area contributed by atoms with Crippen LogP contribution in [0.15, 0.2) is 36.8 Å². The Morgan fingerprint density at radius 1 is 1.07 bits per heavy atom. The lowest BCUT2D eigenvalue weighted by molar-refractivity contribution is 0.0781. The highest BCUT2D eigenvalue weighted by Crippen LogP contribution is 2.30. The normalized spacial score (nSPS) is 14.7. The summed E-state index contributed by atoms with van der Waals surface area (Å²) in [6, 6.07) is 5.28. The molecule has 1 atom stereocenters. The van der Waals surface area contributed by atoms with Gasteiger partial charge in [0.05, 0.1) is 17.1 Å². The molecule has 1 aliphatic heterocycles. The van der Waals surface area contributed by atoms with E-state index >= 15 is 0 Å². The molecule has 0 bridgehead atoms. The molecule has 8 heteroatoms. The third-order valence-corrected chi connectivity index (χ3v) is 5.21. The van der Waals surface area contributed by atoms with E-state index in [1.165, 1.54) is 6.33 Å². The van der Waals surface area contributed by atoms with Crippen molar-refractivity contribution in [2.24, 2.45) is 0 Å². The fraction of sp³-hybridized carbons (Fsp3) is 0.238. The van der Waals surface area contributed by atoms with E-state index < -0.39 is 23.4 Å². The minimum absolute atomic E-state index is 0.0742. The molecular weight excluding hydrogens is 381 g/mol. The number of amides is 1. The first-order valence-electron chi connectivity index (χ1n) is 9.07. The quantitative estimate of drug-likeness (QED) is 0.631. The largest absolute Gasteiger partial charge is 0.341 e. The zero-order chi connectivity index (χ0) is 20.7. The smallest absolute Gasteiger partial charge is 0.254 e. The summed E-state index contributed by atoms with van der Waals surface area (Å²) in [6.07, 6.45) is 3.54. The first-order valence-corrected chi connectivity index (χ1v) is 9.07. The summed E-state index contributed by atoms with van der Waals surface area (Å²) in [5.74, 6) is -4.58. The number of halogens is 3. The Bertz CT molecular complexity index is 1100. The highest BCUT2D eigenvalue weighted by molar-refractivity contribution is 5.98. The van der Waals surface area contributed by atoms with E-state index in [9.17, 15) is 18.0 Å². The number of fused-ring (bicyclic) bond motifs is 1. The van der Waals surface area contributed by atoms with Gasteiger partial charge in [0.25, 0.3) is 5.91 Å². The summed E-state index contributed by atoms with van der Waals surface area (Å²) in [4.78, 5) is 27.0. The highest BCUT2D eigenvalue weighted by atomic mass is 19.2. The lowest BCUT2D eigenvalue weighted by atomic mass is 9.94. The van der Waals surface area contributed by atoms with E-state index in [0.717, 1.165) is 17.7 Å². The van der Waals surface area contributed by atoms with Crippen molar-refractivity contribution in [1.29, 1.82) is 0 Å². The molecule has 0 saturated heterocycles. The molecular formula is C21H17F3N4O. The van der Waals surface area contributed by atoms with E-state index in [1.54, 1.807) is 37.2 Å². The van der Waals surface area contributed by atoms with Gasteiger partial charge in [0.2, 0.25) is 0 Å². The first kappa shape index (κ1) is 19.0. The van der Waals surface area contributed by atoms with Crippen LogP contribution in [-0.4, -0.2) is 39.4 Å². The van der Waals surface area contributed by atoms with Gasteiger partial charge in [-0.3, -0.25) is 9.78 Å². The summed E-state index contributed by atoms with van der Waals surface area (Å²) in [5, 5.41) is 0. The van der Waals surface area contributed by atoms with Crippen molar-refractivity contribution in [1.82, 2.24) is 19.9 Å². The Hall–Kier alpha value is -3.29. The lowest BCUT2D eigenvalue weighted by Crippen LogP contribution is -2.34. The van der Waals surface area contributed by atoms with Crippen LogP contribution < -0.4 is 0 Å². The molecule has 148 valence electrons.